The summed E-state index contributed by atoms with van der Waals surface area (Å²) in [7, 11) is 0. The van der Waals surface area contributed by atoms with E-state index in [-0.39, 0.29) is 5.91 Å². The summed E-state index contributed by atoms with van der Waals surface area (Å²) in [5, 5.41) is 3.13. The van der Waals surface area contributed by atoms with Crippen LogP contribution in [0.25, 0.3) is 0 Å². The second-order valence-electron chi connectivity index (χ2n) is 4.94. The zero-order chi connectivity index (χ0) is 12.8. The third-order valence-corrected chi connectivity index (χ3v) is 3.43. The Morgan fingerprint density at radius 2 is 2.17 bits per heavy atom. The van der Waals surface area contributed by atoms with Gasteiger partial charge in [-0.15, -0.1) is 0 Å². The summed E-state index contributed by atoms with van der Waals surface area (Å²) < 4.78 is 0. The quantitative estimate of drug-likeness (QED) is 0.866. The highest BCUT2D eigenvalue weighted by Gasteiger charge is 2.23. The molecule has 1 atom stereocenters. The third kappa shape index (κ3) is 3.49. The summed E-state index contributed by atoms with van der Waals surface area (Å²) in [4.78, 5) is 14.0. The molecule has 1 heterocycles. The number of carbonyl (C=O) groups excluding carboxylic acids is 1. The van der Waals surface area contributed by atoms with Crippen LogP contribution in [-0.4, -0.2) is 25.0 Å². The number of carbonyl (C=O) groups is 1. The molecule has 1 N–H and O–H groups in total. The summed E-state index contributed by atoms with van der Waals surface area (Å²) in [5.41, 5.74) is 1.25. The van der Waals surface area contributed by atoms with Gasteiger partial charge in [0.25, 0.3) is 0 Å². The Labute approximate surface area is 109 Å². The van der Waals surface area contributed by atoms with E-state index in [1.165, 1.54) is 5.69 Å². The zero-order valence-corrected chi connectivity index (χ0v) is 11.1. The topological polar surface area (TPSA) is 32.3 Å². The molecule has 0 spiro atoms. The molecule has 1 unspecified atom stereocenters. The number of hydrogen-bond acceptors (Lipinski definition) is 2. The first-order chi connectivity index (χ1) is 8.79. The maximum atomic E-state index is 11.7. The van der Waals surface area contributed by atoms with Crippen LogP contribution < -0.4 is 10.2 Å². The van der Waals surface area contributed by atoms with Crippen molar-refractivity contribution in [1.82, 2.24) is 5.32 Å². The number of unbranched alkanes of at least 4 members (excludes halogenated alkanes) is 1. The predicted octanol–water partition coefficient (Wildman–Crippen LogP) is 2.57. The van der Waals surface area contributed by atoms with Crippen LogP contribution in [0.5, 0.6) is 0 Å². The van der Waals surface area contributed by atoms with E-state index in [9.17, 15) is 4.79 Å². The summed E-state index contributed by atoms with van der Waals surface area (Å²) in [6.07, 6.45) is 3.78. The van der Waals surface area contributed by atoms with Crippen LogP contribution in [0, 0.1) is 0 Å². The number of para-hydroxylation sites is 1. The summed E-state index contributed by atoms with van der Waals surface area (Å²) >= 11 is 0. The van der Waals surface area contributed by atoms with Crippen molar-refractivity contribution in [2.75, 3.05) is 18.0 Å². The van der Waals surface area contributed by atoms with Gasteiger partial charge in [-0.05, 0) is 25.0 Å². The van der Waals surface area contributed by atoms with Crippen LogP contribution in [0.2, 0.25) is 0 Å². The molecule has 0 radical (unpaired) electrons. The molecule has 0 bridgehead atoms. The van der Waals surface area contributed by atoms with Gasteiger partial charge in [0.05, 0.1) is 0 Å². The molecule has 1 aliphatic rings. The molecular formula is C15H22N2O. The fourth-order valence-electron chi connectivity index (χ4n) is 2.39. The predicted molar refractivity (Wildman–Crippen MR) is 74.7 cm³/mol. The van der Waals surface area contributed by atoms with Gasteiger partial charge in [0.15, 0.2) is 0 Å². The van der Waals surface area contributed by atoms with E-state index in [1.54, 1.807) is 0 Å². The number of nitrogens with one attached hydrogen (secondary N) is 1. The summed E-state index contributed by atoms with van der Waals surface area (Å²) in [6, 6.07) is 10.7. The van der Waals surface area contributed by atoms with Gasteiger partial charge < -0.3 is 10.2 Å². The Morgan fingerprint density at radius 1 is 1.39 bits per heavy atom. The van der Waals surface area contributed by atoms with E-state index in [1.807, 2.05) is 6.07 Å². The standard InChI is InChI=1S/C15H22N2O/c1-2-3-9-15(18)16-13-10-11-17(12-13)14-7-5-4-6-8-14/h4-8,13H,2-3,9-12H2,1H3,(H,16,18). The molecule has 0 aromatic heterocycles. The van der Waals surface area contributed by atoms with Crippen LogP contribution >= 0.6 is 0 Å². The van der Waals surface area contributed by atoms with Crippen molar-refractivity contribution >= 4 is 11.6 Å². The molecular weight excluding hydrogens is 224 g/mol. The minimum atomic E-state index is 0.205. The molecule has 1 amide bonds. The number of amides is 1. The first-order valence-electron chi connectivity index (χ1n) is 6.89. The van der Waals surface area contributed by atoms with Crippen molar-refractivity contribution in [3.63, 3.8) is 0 Å². The molecule has 98 valence electrons. The van der Waals surface area contributed by atoms with Crippen LogP contribution in [0.1, 0.15) is 32.6 Å². The lowest BCUT2D eigenvalue weighted by molar-refractivity contribution is -0.121. The third-order valence-electron chi connectivity index (χ3n) is 3.43. The van der Waals surface area contributed by atoms with Crippen molar-refractivity contribution in [1.29, 1.82) is 0 Å². The molecule has 1 aliphatic heterocycles. The van der Waals surface area contributed by atoms with Gasteiger partial charge in [-0.3, -0.25) is 4.79 Å². The van der Waals surface area contributed by atoms with E-state index in [0.717, 1.165) is 32.4 Å². The smallest absolute Gasteiger partial charge is 0.220 e. The highest BCUT2D eigenvalue weighted by Crippen LogP contribution is 2.19. The Kier molecular flexibility index (Phi) is 4.62. The van der Waals surface area contributed by atoms with E-state index < -0.39 is 0 Å². The fourth-order valence-corrected chi connectivity index (χ4v) is 2.39. The highest BCUT2D eigenvalue weighted by molar-refractivity contribution is 5.76. The minimum absolute atomic E-state index is 0.205. The molecule has 1 fully saturated rings. The maximum Gasteiger partial charge on any atom is 0.220 e. The first kappa shape index (κ1) is 12.9. The van der Waals surface area contributed by atoms with Crippen molar-refractivity contribution < 1.29 is 4.79 Å². The fraction of sp³-hybridized carbons (Fsp3) is 0.533. The maximum absolute atomic E-state index is 11.7. The van der Waals surface area contributed by atoms with Gasteiger partial charge in [-0.25, -0.2) is 0 Å². The molecule has 0 saturated carbocycles. The monoisotopic (exact) mass is 246 g/mol. The van der Waals surface area contributed by atoms with Crippen molar-refractivity contribution in [3.8, 4) is 0 Å². The first-order valence-corrected chi connectivity index (χ1v) is 6.89. The Morgan fingerprint density at radius 3 is 2.89 bits per heavy atom. The Hall–Kier alpha value is -1.51. The lowest BCUT2D eigenvalue weighted by Gasteiger charge is -2.18. The Bertz CT molecular complexity index is 377. The van der Waals surface area contributed by atoms with Crippen LogP contribution in [0.4, 0.5) is 5.69 Å². The number of hydrogen-bond donors (Lipinski definition) is 1. The second-order valence-corrected chi connectivity index (χ2v) is 4.94. The zero-order valence-electron chi connectivity index (χ0n) is 11.1. The average Bonchev–Trinajstić information content (AvgIpc) is 2.86. The van der Waals surface area contributed by atoms with Crippen molar-refractivity contribution in [2.24, 2.45) is 0 Å². The molecule has 0 aliphatic carbocycles. The molecule has 3 nitrogen and oxygen atoms in total. The van der Waals surface area contributed by atoms with Crippen molar-refractivity contribution in [3.05, 3.63) is 30.3 Å². The van der Waals surface area contributed by atoms with E-state index in [0.29, 0.717) is 12.5 Å². The average molecular weight is 246 g/mol. The Balaban J connectivity index is 1.80. The molecule has 1 aromatic carbocycles. The summed E-state index contributed by atoms with van der Waals surface area (Å²) in [5.74, 6) is 0.205. The van der Waals surface area contributed by atoms with Gasteiger partial charge in [0.2, 0.25) is 5.91 Å². The second kappa shape index (κ2) is 6.43. The van der Waals surface area contributed by atoms with E-state index in [4.69, 9.17) is 0 Å². The number of nitrogens with zero attached hydrogens (tertiary/aromatic N) is 1. The summed E-state index contributed by atoms with van der Waals surface area (Å²) in [6.45, 7) is 4.07. The van der Waals surface area contributed by atoms with Crippen molar-refractivity contribution in [2.45, 2.75) is 38.6 Å². The lowest BCUT2D eigenvalue weighted by Crippen LogP contribution is -2.36. The van der Waals surface area contributed by atoms with E-state index in [2.05, 4.69) is 41.4 Å². The van der Waals surface area contributed by atoms with Gasteiger partial charge in [0.1, 0.15) is 0 Å². The number of rotatable bonds is 5. The highest BCUT2D eigenvalue weighted by atomic mass is 16.1. The van der Waals surface area contributed by atoms with Gasteiger partial charge in [-0.1, -0.05) is 31.5 Å². The number of benzene rings is 1. The molecule has 3 heteroatoms. The minimum Gasteiger partial charge on any atom is -0.369 e. The SMILES string of the molecule is CCCCC(=O)NC1CCN(c2ccccc2)C1. The van der Waals surface area contributed by atoms with Gasteiger partial charge in [-0.2, -0.15) is 0 Å². The largest absolute Gasteiger partial charge is 0.369 e. The molecule has 18 heavy (non-hydrogen) atoms. The molecule has 1 aromatic rings. The normalized spacial score (nSPS) is 18.9. The van der Waals surface area contributed by atoms with Crippen LogP contribution in [0.15, 0.2) is 30.3 Å². The van der Waals surface area contributed by atoms with Crippen LogP contribution in [0.3, 0.4) is 0 Å². The van der Waals surface area contributed by atoms with Gasteiger partial charge >= 0.3 is 0 Å². The van der Waals surface area contributed by atoms with E-state index >= 15 is 0 Å². The molecule has 2 rings (SSSR count). The lowest BCUT2D eigenvalue weighted by atomic mass is 10.2. The number of anilines is 1. The van der Waals surface area contributed by atoms with Gasteiger partial charge in [0, 0.05) is 31.2 Å². The van der Waals surface area contributed by atoms with Crippen LogP contribution in [-0.2, 0) is 4.79 Å². The molecule has 1 saturated heterocycles.